The number of aliphatic hydroxyl groups excluding tert-OH is 1. The van der Waals surface area contributed by atoms with E-state index in [2.05, 4.69) is 0 Å². The van der Waals surface area contributed by atoms with Crippen LogP contribution in [0.15, 0.2) is 12.1 Å². The van der Waals surface area contributed by atoms with Crippen molar-refractivity contribution in [1.82, 2.24) is 0 Å². The first-order valence-electron chi connectivity index (χ1n) is 4.30. The highest BCUT2D eigenvalue weighted by Gasteiger charge is 2.12. The van der Waals surface area contributed by atoms with Crippen molar-refractivity contribution in [2.45, 2.75) is 13.0 Å². The molecule has 0 bridgehead atoms. The molecule has 0 amide bonds. The maximum atomic E-state index is 10.5. The fraction of sp³-hybridized carbons (Fsp3) is 0.300. The molecule has 5 heteroatoms. The molecule has 0 unspecified atom stereocenters. The number of phenolic OH excluding ortho intramolecular Hbond substituents is 1. The van der Waals surface area contributed by atoms with E-state index in [4.69, 9.17) is 14.9 Å². The van der Waals surface area contributed by atoms with Crippen molar-refractivity contribution in [3.05, 3.63) is 23.3 Å². The second kappa shape index (κ2) is 4.65. The zero-order valence-electron chi connectivity index (χ0n) is 8.23. The summed E-state index contributed by atoms with van der Waals surface area (Å²) in [6, 6.07) is 2.90. The van der Waals surface area contributed by atoms with Gasteiger partial charge in [0.05, 0.1) is 20.1 Å². The number of phenols is 1. The summed E-state index contributed by atoms with van der Waals surface area (Å²) < 4.78 is 4.86. The fourth-order valence-electron chi connectivity index (χ4n) is 1.27. The molecule has 0 aliphatic rings. The number of hydrogen-bond acceptors (Lipinski definition) is 4. The Morgan fingerprint density at radius 2 is 2.13 bits per heavy atom. The minimum atomic E-state index is -1.05. The lowest BCUT2D eigenvalue weighted by molar-refractivity contribution is -0.136. The van der Waals surface area contributed by atoms with Gasteiger partial charge in [-0.15, -0.1) is 0 Å². The van der Waals surface area contributed by atoms with Crippen molar-refractivity contribution in [2.24, 2.45) is 0 Å². The van der Waals surface area contributed by atoms with Gasteiger partial charge in [0.15, 0.2) is 11.5 Å². The van der Waals surface area contributed by atoms with Crippen LogP contribution in [0.4, 0.5) is 0 Å². The molecule has 15 heavy (non-hydrogen) atoms. The van der Waals surface area contributed by atoms with E-state index in [1.54, 1.807) is 0 Å². The Labute approximate surface area is 86.5 Å². The Balaban J connectivity index is 3.17. The van der Waals surface area contributed by atoms with Crippen LogP contribution >= 0.6 is 0 Å². The van der Waals surface area contributed by atoms with Crippen LogP contribution in [0.2, 0.25) is 0 Å². The predicted octanol–water partition coefficient (Wildman–Crippen LogP) is 0.520. The first-order valence-corrected chi connectivity index (χ1v) is 4.30. The number of carboxylic acids is 1. The van der Waals surface area contributed by atoms with E-state index in [1.165, 1.54) is 19.2 Å². The summed E-state index contributed by atoms with van der Waals surface area (Å²) in [5, 5.41) is 27.1. The number of ether oxygens (including phenoxy) is 1. The number of aliphatic carboxylic acids is 1. The van der Waals surface area contributed by atoms with Gasteiger partial charge in [0.25, 0.3) is 0 Å². The quantitative estimate of drug-likeness (QED) is 0.677. The van der Waals surface area contributed by atoms with E-state index in [0.717, 1.165) is 0 Å². The zero-order chi connectivity index (χ0) is 11.4. The number of carboxylic acid groups (broad SMARTS) is 1. The van der Waals surface area contributed by atoms with Gasteiger partial charge in [-0.05, 0) is 17.7 Å². The van der Waals surface area contributed by atoms with Crippen LogP contribution in [0.25, 0.3) is 0 Å². The Kier molecular flexibility index (Phi) is 3.51. The number of aliphatic hydroxyl groups is 1. The maximum absolute atomic E-state index is 10.5. The first-order chi connectivity index (χ1) is 7.08. The van der Waals surface area contributed by atoms with Crippen molar-refractivity contribution in [2.75, 3.05) is 7.11 Å². The molecule has 1 rings (SSSR count). The number of benzene rings is 1. The topological polar surface area (TPSA) is 87.0 Å². The van der Waals surface area contributed by atoms with Crippen molar-refractivity contribution in [1.29, 1.82) is 0 Å². The molecule has 0 saturated carbocycles. The van der Waals surface area contributed by atoms with Gasteiger partial charge < -0.3 is 20.1 Å². The highest BCUT2D eigenvalue weighted by molar-refractivity contribution is 5.72. The lowest BCUT2D eigenvalue weighted by atomic mass is 10.1. The minimum Gasteiger partial charge on any atom is -0.504 e. The van der Waals surface area contributed by atoms with E-state index in [0.29, 0.717) is 5.56 Å². The van der Waals surface area contributed by atoms with Crippen LogP contribution in [-0.4, -0.2) is 28.4 Å². The van der Waals surface area contributed by atoms with Crippen LogP contribution in [0.1, 0.15) is 11.1 Å². The molecule has 0 aliphatic carbocycles. The molecule has 0 fully saturated rings. The SMILES string of the molecule is COc1cc(CO)cc(CC(=O)O)c1O. The molecule has 0 aliphatic heterocycles. The van der Waals surface area contributed by atoms with Crippen molar-refractivity contribution in [3.63, 3.8) is 0 Å². The van der Waals surface area contributed by atoms with Crippen LogP contribution in [0, 0.1) is 0 Å². The monoisotopic (exact) mass is 212 g/mol. The number of rotatable bonds is 4. The van der Waals surface area contributed by atoms with Crippen LogP contribution < -0.4 is 4.74 Å². The number of carbonyl (C=O) groups is 1. The highest BCUT2D eigenvalue weighted by atomic mass is 16.5. The van der Waals surface area contributed by atoms with Gasteiger partial charge in [0.1, 0.15) is 0 Å². The van der Waals surface area contributed by atoms with Crippen LogP contribution in [0.3, 0.4) is 0 Å². The standard InChI is InChI=1S/C10H12O5/c1-15-8-3-6(5-11)2-7(10(8)14)4-9(12)13/h2-3,11,14H,4-5H2,1H3,(H,12,13). The summed E-state index contributed by atoms with van der Waals surface area (Å²) in [6.45, 7) is -0.233. The Hall–Kier alpha value is -1.75. The Bertz CT molecular complexity index is 372. The lowest BCUT2D eigenvalue weighted by Gasteiger charge is -2.09. The van der Waals surface area contributed by atoms with E-state index in [9.17, 15) is 9.90 Å². The molecule has 0 radical (unpaired) electrons. The molecule has 0 atom stereocenters. The number of hydrogen-bond donors (Lipinski definition) is 3. The summed E-state index contributed by atoms with van der Waals surface area (Å²) in [5.41, 5.74) is 0.729. The van der Waals surface area contributed by atoms with Gasteiger partial charge in [0, 0.05) is 5.56 Å². The van der Waals surface area contributed by atoms with Gasteiger partial charge in [-0.25, -0.2) is 0 Å². The van der Waals surface area contributed by atoms with Gasteiger partial charge in [-0.1, -0.05) is 0 Å². The third kappa shape index (κ3) is 2.60. The lowest BCUT2D eigenvalue weighted by Crippen LogP contribution is -2.02. The molecule has 1 aromatic rings. The second-order valence-corrected chi connectivity index (χ2v) is 3.03. The molecule has 0 spiro atoms. The predicted molar refractivity (Wildman–Crippen MR) is 51.9 cm³/mol. The largest absolute Gasteiger partial charge is 0.504 e. The summed E-state index contributed by atoms with van der Waals surface area (Å²) in [6.07, 6.45) is -0.309. The fourth-order valence-corrected chi connectivity index (χ4v) is 1.27. The average Bonchev–Trinajstić information content (AvgIpc) is 2.20. The molecule has 1 aromatic carbocycles. The van der Waals surface area contributed by atoms with Crippen LogP contribution in [0.5, 0.6) is 11.5 Å². The van der Waals surface area contributed by atoms with Gasteiger partial charge in [0.2, 0.25) is 0 Å². The molecule has 5 nitrogen and oxygen atoms in total. The summed E-state index contributed by atoms with van der Waals surface area (Å²) in [4.78, 5) is 10.5. The Morgan fingerprint density at radius 3 is 2.60 bits per heavy atom. The normalized spacial score (nSPS) is 10.0. The molecular weight excluding hydrogens is 200 g/mol. The van der Waals surface area contributed by atoms with Gasteiger partial charge in [-0.3, -0.25) is 4.79 Å². The van der Waals surface area contributed by atoms with Crippen molar-refractivity contribution in [3.8, 4) is 11.5 Å². The van der Waals surface area contributed by atoms with Gasteiger partial charge in [-0.2, -0.15) is 0 Å². The molecule has 3 N–H and O–H groups in total. The first kappa shape index (κ1) is 11.3. The van der Waals surface area contributed by atoms with E-state index in [-0.39, 0.29) is 30.1 Å². The van der Waals surface area contributed by atoms with Crippen molar-refractivity contribution < 1.29 is 24.9 Å². The molecule has 0 heterocycles. The molecule has 0 saturated heterocycles. The van der Waals surface area contributed by atoms with E-state index < -0.39 is 5.97 Å². The zero-order valence-corrected chi connectivity index (χ0v) is 8.23. The summed E-state index contributed by atoms with van der Waals surface area (Å²) in [7, 11) is 1.36. The summed E-state index contributed by atoms with van der Waals surface area (Å²) >= 11 is 0. The van der Waals surface area contributed by atoms with E-state index >= 15 is 0 Å². The average molecular weight is 212 g/mol. The van der Waals surface area contributed by atoms with Crippen molar-refractivity contribution >= 4 is 5.97 Å². The smallest absolute Gasteiger partial charge is 0.307 e. The van der Waals surface area contributed by atoms with Gasteiger partial charge >= 0.3 is 5.97 Å². The number of methoxy groups -OCH3 is 1. The number of aromatic hydroxyl groups is 1. The third-order valence-corrected chi connectivity index (χ3v) is 1.96. The Morgan fingerprint density at radius 1 is 1.47 bits per heavy atom. The minimum absolute atomic E-state index is 0.165. The van der Waals surface area contributed by atoms with E-state index in [1.807, 2.05) is 0 Å². The maximum Gasteiger partial charge on any atom is 0.307 e. The molecule has 82 valence electrons. The summed E-state index contributed by atoms with van der Waals surface area (Å²) in [5.74, 6) is -1.09. The third-order valence-electron chi connectivity index (χ3n) is 1.96. The molecule has 0 aromatic heterocycles. The molecular formula is C10H12O5. The highest BCUT2D eigenvalue weighted by Crippen LogP contribution is 2.31. The second-order valence-electron chi connectivity index (χ2n) is 3.03. The van der Waals surface area contributed by atoms with Crippen LogP contribution in [-0.2, 0) is 17.8 Å².